The predicted octanol–water partition coefficient (Wildman–Crippen LogP) is 1.73. The van der Waals surface area contributed by atoms with Gasteiger partial charge in [0.2, 0.25) is 0 Å². The molecule has 1 atom stereocenters. The molecule has 1 unspecified atom stereocenters. The van der Waals surface area contributed by atoms with Crippen LogP contribution in [0.15, 0.2) is 35.2 Å². The maximum atomic E-state index is 12.3. The van der Waals surface area contributed by atoms with Crippen molar-refractivity contribution in [2.75, 3.05) is 0 Å². The van der Waals surface area contributed by atoms with Gasteiger partial charge in [-0.15, -0.1) is 0 Å². The average Bonchev–Trinajstić information content (AvgIpc) is 2.67. The van der Waals surface area contributed by atoms with Gasteiger partial charge in [0.25, 0.3) is 0 Å². The molecule has 1 N–H and O–H groups in total. The highest BCUT2D eigenvalue weighted by molar-refractivity contribution is 7.84. The van der Waals surface area contributed by atoms with Gasteiger partial charge in [-0.25, -0.2) is 4.79 Å². The zero-order chi connectivity index (χ0) is 14.0. The quantitative estimate of drug-likeness (QED) is 0.924. The zero-order valence-electron chi connectivity index (χ0n) is 10.7. The Bertz CT molecular complexity index is 649. The molecule has 2 aromatic rings. The van der Waals surface area contributed by atoms with E-state index in [2.05, 4.69) is 5.10 Å². The summed E-state index contributed by atoms with van der Waals surface area (Å²) in [5.41, 5.74) is 1.75. The second-order valence-electron chi connectivity index (χ2n) is 4.19. The Morgan fingerprint density at radius 1 is 1.42 bits per heavy atom. The Balaban J connectivity index is 2.30. The SMILES string of the molecule is Cc1cc(CS(=O)c2ccccc2C(=O)O)n(C)n1. The Kier molecular flexibility index (Phi) is 3.80. The minimum Gasteiger partial charge on any atom is -0.478 e. The summed E-state index contributed by atoms with van der Waals surface area (Å²) in [5.74, 6) is -0.813. The molecule has 0 aliphatic carbocycles. The summed E-state index contributed by atoms with van der Waals surface area (Å²) in [4.78, 5) is 11.4. The number of aryl methyl sites for hydroxylation is 2. The maximum absolute atomic E-state index is 12.3. The maximum Gasteiger partial charge on any atom is 0.336 e. The first kappa shape index (κ1) is 13.5. The molecule has 5 nitrogen and oxygen atoms in total. The van der Waals surface area contributed by atoms with Crippen LogP contribution in [0.1, 0.15) is 21.7 Å². The molecule has 0 amide bonds. The fourth-order valence-electron chi connectivity index (χ4n) is 1.85. The van der Waals surface area contributed by atoms with Crippen LogP contribution in [0.25, 0.3) is 0 Å². The lowest BCUT2D eigenvalue weighted by molar-refractivity contribution is 0.0693. The third-order valence-electron chi connectivity index (χ3n) is 2.74. The van der Waals surface area contributed by atoms with Gasteiger partial charge < -0.3 is 5.11 Å². The molecule has 2 rings (SSSR count). The number of carboxylic acids is 1. The van der Waals surface area contributed by atoms with Crippen molar-refractivity contribution >= 4 is 16.8 Å². The van der Waals surface area contributed by atoms with E-state index in [1.54, 1.807) is 29.9 Å². The third-order valence-corrected chi connectivity index (χ3v) is 4.15. The predicted molar refractivity (Wildman–Crippen MR) is 71.5 cm³/mol. The summed E-state index contributed by atoms with van der Waals surface area (Å²) in [6, 6.07) is 8.21. The highest BCUT2D eigenvalue weighted by Gasteiger charge is 2.16. The van der Waals surface area contributed by atoms with Crippen molar-refractivity contribution < 1.29 is 14.1 Å². The van der Waals surface area contributed by atoms with Crippen molar-refractivity contribution in [2.24, 2.45) is 7.05 Å². The Hall–Kier alpha value is -1.95. The standard InChI is InChI=1S/C13H14N2O3S/c1-9-7-10(15(2)14-9)8-19(18)12-6-4-3-5-11(12)13(16)17/h3-7H,8H2,1-2H3,(H,16,17). The molecular weight excluding hydrogens is 264 g/mol. The fourth-order valence-corrected chi connectivity index (χ4v) is 3.18. The summed E-state index contributed by atoms with van der Waals surface area (Å²) in [7, 11) is 0.375. The van der Waals surface area contributed by atoms with Gasteiger partial charge in [0, 0.05) is 7.05 Å². The summed E-state index contributed by atoms with van der Waals surface area (Å²) < 4.78 is 14.0. The van der Waals surface area contributed by atoms with Crippen LogP contribution < -0.4 is 0 Å². The van der Waals surface area contributed by atoms with E-state index < -0.39 is 16.8 Å². The van der Waals surface area contributed by atoms with Crippen molar-refractivity contribution in [1.82, 2.24) is 9.78 Å². The molecule has 0 spiro atoms. The lowest BCUT2D eigenvalue weighted by Crippen LogP contribution is -2.08. The van der Waals surface area contributed by atoms with Crippen LogP contribution in [0.4, 0.5) is 0 Å². The Labute approximate surface area is 113 Å². The fraction of sp³-hybridized carbons (Fsp3) is 0.231. The summed E-state index contributed by atoms with van der Waals surface area (Å²) in [6.07, 6.45) is 0. The number of benzene rings is 1. The Morgan fingerprint density at radius 3 is 2.68 bits per heavy atom. The molecule has 0 saturated heterocycles. The van der Waals surface area contributed by atoms with E-state index in [1.807, 2.05) is 13.0 Å². The Morgan fingerprint density at radius 2 is 2.11 bits per heavy atom. The monoisotopic (exact) mass is 278 g/mol. The molecule has 19 heavy (non-hydrogen) atoms. The number of carboxylic acid groups (broad SMARTS) is 1. The molecule has 6 heteroatoms. The van der Waals surface area contributed by atoms with Crippen LogP contribution in [0.3, 0.4) is 0 Å². The molecule has 1 aromatic heterocycles. The van der Waals surface area contributed by atoms with Crippen LogP contribution in [-0.2, 0) is 23.6 Å². The van der Waals surface area contributed by atoms with Gasteiger partial charge in [0.05, 0.1) is 38.4 Å². The number of aromatic carboxylic acids is 1. The first-order chi connectivity index (χ1) is 8.99. The largest absolute Gasteiger partial charge is 0.478 e. The zero-order valence-corrected chi connectivity index (χ0v) is 11.5. The normalized spacial score (nSPS) is 12.3. The number of rotatable bonds is 4. The highest BCUT2D eigenvalue weighted by atomic mass is 32.2. The van der Waals surface area contributed by atoms with Gasteiger partial charge in [-0.05, 0) is 25.1 Å². The highest BCUT2D eigenvalue weighted by Crippen LogP contribution is 2.17. The average molecular weight is 278 g/mol. The molecule has 1 heterocycles. The minimum atomic E-state index is -1.41. The molecule has 0 radical (unpaired) electrons. The third kappa shape index (κ3) is 2.90. The van der Waals surface area contributed by atoms with Crippen LogP contribution in [0, 0.1) is 6.92 Å². The van der Waals surface area contributed by atoms with Gasteiger partial charge >= 0.3 is 5.97 Å². The van der Waals surface area contributed by atoms with Crippen molar-refractivity contribution in [2.45, 2.75) is 17.6 Å². The van der Waals surface area contributed by atoms with Crippen molar-refractivity contribution in [3.05, 3.63) is 47.3 Å². The van der Waals surface area contributed by atoms with Gasteiger partial charge in [-0.3, -0.25) is 8.89 Å². The molecule has 0 bridgehead atoms. The van der Waals surface area contributed by atoms with Gasteiger partial charge in [-0.2, -0.15) is 5.10 Å². The van der Waals surface area contributed by atoms with Gasteiger partial charge in [-0.1, -0.05) is 12.1 Å². The topological polar surface area (TPSA) is 72.2 Å². The minimum absolute atomic E-state index is 0.0831. The summed E-state index contributed by atoms with van der Waals surface area (Å²) in [5, 5.41) is 13.3. The van der Waals surface area contributed by atoms with Crippen LogP contribution >= 0.6 is 0 Å². The van der Waals surface area contributed by atoms with Crippen LogP contribution in [0.5, 0.6) is 0 Å². The lowest BCUT2D eigenvalue weighted by Gasteiger charge is -2.06. The second-order valence-corrected chi connectivity index (χ2v) is 5.61. The van der Waals surface area contributed by atoms with Gasteiger partial charge in [0.15, 0.2) is 0 Å². The van der Waals surface area contributed by atoms with Gasteiger partial charge in [0.1, 0.15) is 0 Å². The van der Waals surface area contributed by atoms with Crippen molar-refractivity contribution in [3.8, 4) is 0 Å². The van der Waals surface area contributed by atoms with E-state index in [-0.39, 0.29) is 11.3 Å². The molecule has 0 aliphatic heterocycles. The van der Waals surface area contributed by atoms with E-state index in [1.165, 1.54) is 6.07 Å². The smallest absolute Gasteiger partial charge is 0.336 e. The van der Waals surface area contributed by atoms with Crippen molar-refractivity contribution in [3.63, 3.8) is 0 Å². The summed E-state index contributed by atoms with van der Waals surface area (Å²) >= 11 is 0. The lowest BCUT2D eigenvalue weighted by atomic mass is 10.2. The number of hydrogen-bond acceptors (Lipinski definition) is 3. The number of aromatic nitrogens is 2. The van der Waals surface area contributed by atoms with E-state index in [0.717, 1.165) is 11.4 Å². The molecule has 0 aliphatic rings. The van der Waals surface area contributed by atoms with E-state index in [9.17, 15) is 9.00 Å². The molecular formula is C13H14N2O3S. The van der Waals surface area contributed by atoms with E-state index >= 15 is 0 Å². The number of nitrogens with zero attached hydrogens (tertiary/aromatic N) is 2. The van der Waals surface area contributed by atoms with E-state index in [0.29, 0.717) is 4.90 Å². The van der Waals surface area contributed by atoms with Crippen molar-refractivity contribution in [1.29, 1.82) is 0 Å². The first-order valence-corrected chi connectivity index (χ1v) is 7.01. The molecule has 0 saturated carbocycles. The second kappa shape index (κ2) is 5.36. The van der Waals surface area contributed by atoms with E-state index in [4.69, 9.17) is 5.11 Å². The molecule has 100 valence electrons. The number of hydrogen-bond donors (Lipinski definition) is 1. The first-order valence-electron chi connectivity index (χ1n) is 5.69. The number of carbonyl (C=O) groups is 1. The van der Waals surface area contributed by atoms with Crippen LogP contribution in [-0.4, -0.2) is 25.1 Å². The van der Waals surface area contributed by atoms with Crippen LogP contribution in [0.2, 0.25) is 0 Å². The molecule has 0 fully saturated rings. The molecule has 1 aromatic carbocycles. The summed E-state index contributed by atoms with van der Waals surface area (Å²) in [6.45, 7) is 1.86.